The Hall–Kier alpha value is -1.02. The predicted molar refractivity (Wildman–Crippen MR) is 80.5 cm³/mol. The Morgan fingerprint density at radius 2 is 2.09 bits per heavy atom. The molecule has 0 amide bonds. The number of nitrogens with zero attached hydrogens (tertiary/aromatic N) is 2. The van der Waals surface area contributed by atoms with Gasteiger partial charge < -0.3 is 9.64 Å². The van der Waals surface area contributed by atoms with Crippen molar-refractivity contribution < 1.29 is 17.5 Å². The summed E-state index contributed by atoms with van der Waals surface area (Å²) in [6.45, 7) is 3.45. The summed E-state index contributed by atoms with van der Waals surface area (Å²) in [6.07, 6.45) is 0.915. The zero-order chi connectivity index (χ0) is 15.8. The summed E-state index contributed by atoms with van der Waals surface area (Å²) >= 11 is 0. The van der Waals surface area contributed by atoms with Crippen LogP contribution in [0.5, 0.6) is 0 Å². The van der Waals surface area contributed by atoms with Gasteiger partial charge in [0, 0.05) is 25.0 Å². The van der Waals surface area contributed by atoms with Crippen LogP contribution in [0.3, 0.4) is 0 Å². The summed E-state index contributed by atoms with van der Waals surface area (Å²) in [5, 5.41) is 0. The molecule has 0 bridgehead atoms. The molecule has 1 aromatic carbocycles. The first-order chi connectivity index (χ1) is 10.4. The molecule has 2 heterocycles. The third-order valence-electron chi connectivity index (χ3n) is 4.47. The van der Waals surface area contributed by atoms with E-state index in [1.807, 2.05) is 7.05 Å². The van der Waals surface area contributed by atoms with Crippen LogP contribution in [0.15, 0.2) is 29.2 Å². The molecule has 3 rings (SSSR count). The molecule has 7 heteroatoms. The maximum Gasteiger partial charge on any atom is 0.243 e. The van der Waals surface area contributed by atoms with Crippen molar-refractivity contribution >= 4 is 10.0 Å². The standard InChI is InChI=1S/C15H21FN2O3S/c1-17-6-5-15(10-17)11-18(7-8-21-12-15)22(19,20)14-4-2-3-13(16)9-14/h2-4,9H,5-8,10-12H2,1H3. The topological polar surface area (TPSA) is 49.9 Å². The molecule has 1 aromatic rings. The van der Waals surface area contributed by atoms with Gasteiger partial charge in [0.1, 0.15) is 5.82 Å². The van der Waals surface area contributed by atoms with Crippen LogP contribution in [0.25, 0.3) is 0 Å². The minimum absolute atomic E-state index is 0.0101. The van der Waals surface area contributed by atoms with Crippen molar-refractivity contribution in [2.24, 2.45) is 5.41 Å². The Labute approximate surface area is 130 Å². The molecule has 1 atom stereocenters. The number of ether oxygens (including phenoxy) is 1. The van der Waals surface area contributed by atoms with Crippen molar-refractivity contribution in [2.45, 2.75) is 11.3 Å². The lowest BCUT2D eigenvalue weighted by molar-refractivity contribution is 0.0744. The Morgan fingerprint density at radius 1 is 1.27 bits per heavy atom. The van der Waals surface area contributed by atoms with Gasteiger partial charge in [-0.15, -0.1) is 0 Å². The Kier molecular flexibility index (Phi) is 4.24. The Balaban J connectivity index is 1.89. The number of rotatable bonds is 2. The lowest BCUT2D eigenvalue weighted by atomic mass is 9.88. The summed E-state index contributed by atoms with van der Waals surface area (Å²) < 4.78 is 46.1. The first kappa shape index (κ1) is 15.9. The molecule has 0 radical (unpaired) electrons. The van der Waals surface area contributed by atoms with Crippen LogP contribution in [0.4, 0.5) is 4.39 Å². The van der Waals surface area contributed by atoms with Crippen LogP contribution < -0.4 is 0 Å². The van der Waals surface area contributed by atoms with E-state index in [1.165, 1.54) is 22.5 Å². The van der Waals surface area contributed by atoms with E-state index in [9.17, 15) is 12.8 Å². The molecule has 2 aliphatic rings. The van der Waals surface area contributed by atoms with Crippen LogP contribution >= 0.6 is 0 Å². The molecule has 122 valence electrons. The molecule has 2 fully saturated rings. The molecule has 0 aromatic heterocycles. The van der Waals surface area contributed by atoms with E-state index in [1.54, 1.807) is 0 Å². The van der Waals surface area contributed by atoms with E-state index in [2.05, 4.69) is 4.90 Å². The van der Waals surface area contributed by atoms with Gasteiger partial charge in [-0.05, 0) is 38.2 Å². The fraction of sp³-hybridized carbons (Fsp3) is 0.600. The number of likely N-dealkylation sites (tertiary alicyclic amines) is 1. The monoisotopic (exact) mass is 328 g/mol. The van der Waals surface area contributed by atoms with Crippen LogP contribution in [-0.2, 0) is 14.8 Å². The average Bonchev–Trinajstić information content (AvgIpc) is 2.70. The van der Waals surface area contributed by atoms with E-state index >= 15 is 0 Å². The van der Waals surface area contributed by atoms with Crippen molar-refractivity contribution in [3.63, 3.8) is 0 Å². The minimum Gasteiger partial charge on any atom is -0.379 e. The third kappa shape index (κ3) is 3.03. The smallest absolute Gasteiger partial charge is 0.243 e. The van der Waals surface area contributed by atoms with Gasteiger partial charge >= 0.3 is 0 Å². The quantitative estimate of drug-likeness (QED) is 0.818. The van der Waals surface area contributed by atoms with Gasteiger partial charge in [-0.1, -0.05) is 6.07 Å². The van der Waals surface area contributed by atoms with Crippen molar-refractivity contribution in [1.82, 2.24) is 9.21 Å². The molecule has 1 spiro atoms. The van der Waals surface area contributed by atoms with Crippen molar-refractivity contribution in [2.75, 3.05) is 46.4 Å². The van der Waals surface area contributed by atoms with E-state index in [0.29, 0.717) is 26.3 Å². The van der Waals surface area contributed by atoms with E-state index < -0.39 is 15.8 Å². The molecule has 0 saturated carbocycles. The van der Waals surface area contributed by atoms with E-state index in [4.69, 9.17) is 4.74 Å². The van der Waals surface area contributed by atoms with Gasteiger partial charge in [0.05, 0.1) is 18.1 Å². The fourth-order valence-electron chi connectivity index (χ4n) is 3.34. The molecular weight excluding hydrogens is 307 g/mol. The number of hydrogen-bond donors (Lipinski definition) is 0. The van der Waals surface area contributed by atoms with Crippen LogP contribution in [-0.4, -0.2) is 64.1 Å². The summed E-state index contributed by atoms with van der Waals surface area (Å²) in [5.41, 5.74) is -0.161. The first-order valence-corrected chi connectivity index (χ1v) is 8.87. The minimum atomic E-state index is -3.69. The van der Waals surface area contributed by atoms with Crippen LogP contribution in [0.1, 0.15) is 6.42 Å². The van der Waals surface area contributed by atoms with Gasteiger partial charge in [0.2, 0.25) is 10.0 Å². The molecule has 0 aliphatic carbocycles. The SMILES string of the molecule is CN1CCC2(COCCN(S(=O)(=O)c3cccc(F)c3)C2)C1. The van der Waals surface area contributed by atoms with Crippen molar-refractivity contribution in [1.29, 1.82) is 0 Å². The van der Waals surface area contributed by atoms with Gasteiger partial charge in [-0.2, -0.15) is 4.31 Å². The average molecular weight is 328 g/mol. The summed E-state index contributed by atoms with van der Waals surface area (Å²) in [4.78, 5) is 2.21. The third-order valence-corrected chi connectivity index (χ3v) is 6.31. The molecule has 0 N–H and O–H groups in total. The lowest BCUT2D eigenvalue weighted by Gasteiger charge is -2.31. The molecular formula is C15H21FN2O3S. The maximum atomic E-state index is 13.4. The van der Waals surface area contributed by atoms with Gasteiger partial charge in [-0.3, -0.25) is 0 Å². The van der Waals surface area contributed by atoms with Crippen LogP contribution in [0.2, 0.25) is 0 Å². The highest BCUT2D eigenvalue weighted by atomic mass is 32.2. The highest BCUT2D eigenvalue weighted by Gasteiger charge is 2.42. The first-order valence-electron chi connectivity index (χ1n) is 7.43. The lowest BCUT2D eigenvalue weighted by Crippen LogP contribution is -2.43. The number of halogens is 1. The highest BCUT2D eigenvalue weighted by molar-refractivity contribution is 7.89. The van der Waals surface area contributed by atoms with Gasteiger partial charge in [0.15, 0.2) is 0 Å². The second-order valence-corrected chi connectivity index (χ2v) is 8.27. The Bertz CT molecular complexity index is 652. The summed E-state index contributed by atoms with van der Waals surface area (Å²) in [7, 11) is -1.66. The normalized spacial score (nSPS) is 28.1. The van der Waals surface area contributed by atoms with Crippen molar-refractivity contribution in [3.8, 4) is 0 Å². The summed E-state index contributed by atoms with van der Waals surface area (Å²) in [5.74, 6) is -0.539. The molecule has 22 heavy (non-hydrogen) atoms. The zero-order valence-corrected chi connectivity index (χ0v) is 13.5. The zero-order valence-electron chi connectivity index (χ0n) is 12.7. The number of sulfonamides is 1. The molecule has 2 aliphatic heterocycles. The maximum absolute atomic E-state index is 13.4. The largest absolute Gasteiger partial charge is 0.379 e. The van der Waals surface area contributed by atoms with Crippen molar-refractivity contribution in [3.05, 3.63) is 30.1 Å². The molecule has 2 saturated heterocycles. The molecule has 1 unspecified atom stereocenters. The summed E-state index contributed by atoms with van der Waals surface area (Å²) in [6, 6.07) is 5.19. The van der Waals surface area contributed by atoms with Crippen LogP contribution in [0, 0.1) is 11.2 Å². The van der Waals surface area contributed by atoms with E-state index in [-0.39, 0.29) is 10.3 Å². The number of hydrogen-bond acceptors (Lipinski definition) is 4. The fourth-order valence-corrected chi connectivity index (χ4v) is 4.91. The van der Waals surface area contributed by atoms with Gasteiger partial charge in [0.25, 0.3) is 0 Å². The second kappa shape index (κ2) is 5.88. The molecule has 5 nitrogen and oxygen atoms in total. The number of benzene rings is 1. The predicted octanol–water partition coefficient (Wildman–Crippen LogP) is 1.17. The Morgan fingerprint density at radius 3 is 2.77 bits per heavy atom. The highest BCUT2D eigenvalue weighted by Crippen LogP contribution is 2.34. The van der Waals surface area contributed by atoms with E-state index in [0.717, 1.165) is 25.6 Å². The second-order valence-electron chi connectivity index (χ2n) is 6.34. The van der Waals surface area contributed by atoms with Gasteiger partial charge in [-0.25, -0.2) is 12.8 Å².